The third kappa shape index (κ3) is 4.36. The average molecular weight is 333 g/mol. The Morgan fingerprint density at radius 1 is 1.17 bits per heavy atom. The number of aromatic nitrogens is 2. The highest BCUT2D eigenvalue weighted by Gasteiger charge is 2.27. The molecule has 1 aromatic rings. The summed E-state index contributed by atoms with van der Waals surface area (Å²) in [5.41, 5.74) is 0. The smallest absolute Gasteiger partial charge is 0.227 e. The van der Waals surface area contributed by atoms with Crippen LogP contribution in [-0.4, -0.2) is 73.9 Å². The zero-order chi connectivity index (χ0) is 17.1. The molecule has 0 radical (unpaired) electrons. The maximum absolute atomic E-state index is 5.84. The molecule has 3 rings (SSSR count). The van der Waals surface area contributed by atoms with Gasteiger partial charge in [-0.2, -0.15) is 4.98 Å². The van der Waals surface area contributed by atoms with Crippen molar-refractivity contribution in [3.05, 3.63) is 12.3 Å². The minimum atomic E-state index is 0.357. The lowest BCUT2D eigenvalue weighted by atomic mass is 9.96. The first kappa shape index (κ1) is 17.4. The highest BCUT2D eigenvalue weighted by atomic mass is 16.5. The zero-order valence-corrected chi connectivity index (χ0v) is 15.5. The topological polar surface area (TPSA) is 44.7 Å². The summed E-state index contributed by atoms with van der Waals surface area (Å²) in [6, 6.07) is 1.96. The fraction of sp³-hybridized carbons (Fsp3) is 0.778. The predicted molar refractivity (Wildman–Crippen MR) is 97.7 cm³/mol. The number of rotatable bonds is 4. The molecule has 2 saturated heterocycles. The van der Waals surface area contributed by atoms with Crippen molar-refractivity contribution in [3.63, 3.8) is 0 Å². The number of morpholine rings is 1. The van der Waals surface area contributed by atoms with E-state index in [0.717, 1.165) is 43.9 Å². The third-order valence-electron chi connectivity index (χ3n) is 5.00. The van der Waals surface area contributed by atoms with E-state index < -0.39 is 0 Å². The van der Waals surface area contributed by atoms with E-state index >= 15 is 0 Å². The molecule has 0 bridgehead atoms. The number of ether oxygens (including phenoxy) is 1. The lowest BCUT2D eigenvalue weighted by Gasteiger charge is -2.39. The first-order valence-electron chi connectivity index (χ1n) is 9.14. The molecular formula is C18H31N5O. The van der Waals surface area contributed by atoms with Crippen molar-refractivity contribution in [2.75, 3.05) is 56.6 Å². The normalized spacial score (nSPS) is 26.6. The molecule has 0 aliphatic carbocycles. The zero-order valence-electron chi connectivity index (χ0n) is 15.5. The summed E-state index contributed by atoms with van der Waals surface area (Å²) >= 11 is 0. The van der Waals surface area contributed by atoms with Gasteiger partial charge in [0.1, 0.15) is 5.82 Å². The van der Waals surface area contributed by atoms with Crippen molar-refractivity contribution >= 4 is 11.8 Å². The molecule has 0 spiro atoms. The quantitative estimate of drug-likeness (QED) is 0.838. The van der Waals surface area contributed by atoms with Gasteiger partial charge in [0.15, 0.2) is 0 Å². The van der Waals surface area contributed by atoms with Crippen molar-refractivity contribution in [2.24, 2.45) is 5.92 Å². The number of hydrogen-bond acceptors (Lipinski definition) is 6. The van der Waals surface area contributed by atoms with Gasteiger partial charge in [-0.25, -0.2) is 4.98 Å². The first-order chi connectivity index (χ1) is 11.5. The standard InChI is InChI=1S/C18H31N5O/c1-14-11-22(12-15(2)24-14)13-16-6-9-23(10-7-16)18-19-8-5-17(20-18)21(3)4/h5,8,14-16H,6-7,9-13H2,1-4H3. The predicted octanol–water partition coefficient (Wildman–Crippen LogP) is 1.87. The van der Waals surface area contributed by atoms with Crippen molar-refractivity contribution in [1.82, 2.24) is 14.9 Å². The number of hydrogen-bond donors (Lipinski definition) is 0. The van der Waals surface area contributed by atoms with Crippen molar-refractivity contribution in [1.29, 1.82) is 0 Å². The number of nitrogens with zero attached hydrogens (tertiary/aromatic N) is 5. The van der Waals surface area contributed by atoms with E-state index in [0.29, 0.717) is 12.2 Å². The van der Waals surface area contributed by atoms with E-state index in [1.807, 2.05) is 31.3 Å². The molecule has 2 unspecified atom stereocenters. The van der Waals surface area contributed by atoms with Crippen LogP contribution in [-0.2, 0) is 4.74 Å². The summed E-state index contributed by atoms with van der Waals surface area (Å²) in [5.74, 6) is 2.61. The van der Waals surface area contributed by atoms with Crippen LogP contribution >= 0.6 is 0 Å². The van der Waals surface area contributed by atoms with Crippen LogP contribution in [0.3, 0.4) is 0 Å². The summed E-state index contributed by atoms with van der Waals surface area (Å²) in [4.78, 5) is 16.1. The lowest BCUT2D eigenvalue weighted by molar-refractivity contribution is -0.0720. The largest absolute Gasteiger partial charge is 0.373 e. The van der Waals surface area contributed by atoms with Gasteiger partial charge >= 0.3 is 0 Å². The number of piperidine rings is 1. The van der Waals surface area contributed by atoms with Crippen LogP contribution in [0.15, 0.2) is 12.3 Å². The van der Waals surface area contributed by atoms with Crippen LogP contribution in [0.1, 0.15) is 26.7 Å². The van der Waals surface area contributed by atoms with Crippen LogP contribution in [0, 0.1) is 5.92 Å². The molecular weight excluding hydrogens is 302 g/mol. The van der Waals surface area contributed by atoms with Gasteiger partial charge in [-0.1, -0.05) is 0 Å². The molecule has 134 valence electrons. The molecule has 2 atom stereocenters. The van der Waals surface area contributed by atoms with Crippen molar-refractivity contribution in [2.45, 2.75) is 38.9 Å². The van der Waals surface area contributed by atoms with Crippen molar-refractivity contribution in [3.8, 4) is 0 Å². The molecule has 6 heteroatoms. The summed E-state index contributed by atoms with van der Waals surface area (Å²) in [6.45, 7) is 9.80. The Morgan fingerprint density at radius 3 is 2.46 bits per heavy atom. The summed E-state index contributed by atoms with van der Waals surface area (Å²) in [5, 5.41) is 0. The van der Waals surface area contributed by atoms with Gasteiger partial charge in [-0.15, -0.1) is 0 Å². The first-order valence-corrected chi connectivity index (χ1v) is 9.14. The lowest BCUT2D eigenvalue weighted by Crippen LogP contribution is -2.48. The maximum Gasteiger partial charge on any atom is 0.227 e. The van der Waals surface area contributed by atoms with Crippen LogP contribution < -0.4 is 9.80 Å². The SMILES string of the molecule is CC1CN(CC2CCN(c3nccc(N(C)C)n3)CC2)CC(C)O1. The molecule has 1 aromatic heterocycles. The Kier molecular flexibility index (Phi) is 5.56. The molecule has 0 N–H and O–H groups in total. The van der Waals surface area contributed by atoms with Crippen LogP contribution in [0.4, 0.5) is 11.8 Å². The summed E-state index contributed by atoms with van der Waals surface area (Å²) < 4.78 is 5.84. The fourth-order valence-corrected chi connectivity index (χ4v) is 3.85. The van der Waals surface area contributed by atoms with E-state index in [2.05, 4.69) is 33.6 Å². The van der Waals surface area contributed by atoms with Gasteiger partial charge in [0, 0.05) is 53.0 Å². The maximum atomic E-state index is 5.84. The van der Waals surface area contributed by atoms with E-state index in [1.165, 1.54) is 19.4 Å². The molecule has 2 aliphatic heterocycles. The Hall–Kier alpha value is -1.40. The molecule has 2 aliphatic rings. The highest BCUT2D eigenvalue weighted by molar-refractivity contribution is 5.42. The van der Waals surface area contributed by atoms with Gasteiger partial charge in [-0.05, 0) is 38.7 Å². The molecule has 0 saturated carbocycles. The minimum Gasteiger partial charge on any atom is -0.373 e. The van der Waals surface area contributed by atoms with E-state index in [9.17, 15) is 0 Å². The third-order valence-corrected chi connectivity index (χ3v) is 5.00. The summed E-state index contributed by atoms with van der Waals surface area (Å²) in [7, 11) is 4.03. The van der Waals surface area contributed by atoms with Gasteiger partial charge < -0.3 is 14.5 Å². The van der Waals surface area contributed by atoms with Gasteiger partial charge in [0.2, 0.25) is 5.95 Å². The Bertz CT molecular complexity index is 520. The molecule has 0 amide bonds. The average Bonchev–Trinajstić information content (AvgIpc) is 2.54. The molecule has 24 heavy (non-hydrogen) atoms. The molecule has 3 heterocycles. The van der Waals surface area contributed by atoms with E-state index in [4.69, 9.17) is 4.74 Å². The fourth-order valence-electron chi connectivity index (χ4n) is 3.85. The molecule has 0 aromatic carbocycles. The highest BCUT2D eigenvalue weighted by Crippen LogP contribution is 2.23. The van der Waals surface area contributed by atoms with Crippen molar-refractivity contribution < 1.29 is 4.74 Å². The van der Waals surface area contributed by atoms with Crippen LogP contribution in [0.2, 0.25) is 0 Å². The number of anilines is 2. The molecule has 2 fully saturated rings. The van der Waals surface area contributed by atoms with Gasteiger partial charge in [-0.3, -0.25) is 4.90 Å². The van der Waals surface area contributed by atoms with Crippen LogP contribution in [0.5, 0.6) is 0 Å². The van der Waals surface area contributed by atoms with Gasteiger partial charge in [0.25, 0.3) is 0 Å². The Labute approximate surface area is 145 Å². The summed E-state index contributed by atoms with van der Waals surface area (Å²) in [6.07, 6.45) is 5.01. The second-order valence-electron chi connectivity index (χ2n) is 7.52. The Morgan fingerprint density at radius 2 is 1.83 bits per heavy atom. The molecule has 6 nitrogen and oxygen atoms in total. The second-order valence-corrected chi connectivity index (χ2v) is 7.52. The van der Waals surface area contributed by atoms with Gasteiger partial charge in [0.05, 0.1) is 12.2 Å². The van der Waals surface area contributed by atoms with E-state index in [-0.39, 0.29) is 0 Å². The minimum absolute atomic E-state index is 0.357. The van der Waals surface area contributed by atoms with E-state index in [1.54, 1.807) is 0 Å². The monoisotopic (exact) mass is 333 g/mol. The van der Waals surface area contributed by atoms with Crippen LogP contribution in [0.25, 0.3) is 0 Å². The second kappa shape index (κ2) is 7.66. The Balaban J connectivity index is 1.51.